The van der Waals surface area contributed by atoms with Crippen LogP contribution < -0.4 is 9.73 Å². The normalized spacial score (nSPS) is 14.4. The Morgan fingerprint density at radius 1 is 1.03 bits per heavy atom. The number of carbonyl (C=O) groups excluding carboxylic acids is 1. The van der Waals surface area contributed by atoms with E-state index >= 15 is 0 Å². The molecule has 154 valence electrons. The molecule has 0 saturated heterocycles. The lowest BCUT2D eigenvalue weighted by Gasteiger charge is -2.19. The molecule has 0 bridgehead atoms. The van der Waals surface area contributed by atoms with E-state index in [9.17, 15) is 13.2 Å². The van der Waals surface area contributed by atoms with Crippen molar-refractivity contribution in [1.82, 2.24) is 5.43 Å². The molecule has 0 saturated carbocycles. The zero-order valence-corrected chi connectivity index (χ0v) is 17.9. The molecule has 0 aliphatic carbocycles. The summed E-state index contributed by atoms with van der Waals surface area (Å²) in [7, 11) is -3.62. The third-order valence-electron chi connectivity index (χ3n) is 5.15. The van der Waals surface area contributed by atoms with Crippen molar-refractivity contribution in [2.24, 2.45) is 5.10 Å². The molecule has 1 N–H and O–H groups in total. The summed E-state index contributed by atoms with van der Waals surface area (Å²) in [6.45, 7) is 0.189. The van der Waals surface area contributed by atoms with E-state index in [1.165, 1.54) is 4.31 Å². The fourth-order valence-corrected chi connectivity index (χ4v) is 5.94. The van der Waals surface area contributed by atoms with Crippen LogP contribution in [0.1, 0.15) is 21.5 Å². The second-order valence-electron chi connectivity index (χ2n) is 7.10. The number of anilines is 1. The zero-order chi connectivity index (χ0) is 21.4. The lowest BCUT2D eigenvalue weighted by Crippen LogP contribution is -2.26. The highest BCUT2D eigenvalue weighted by Crippen LogP contribution is 2.42. The SMILES string of the molecule is O=C(N/N=C\c1ccsc1)c1ccc(CN2c3cccc4cccc(c34)S2(=O)=O)cc1. The van der Waals surface area contributed by atoms with Crippen LogP contribution in [-0.4, -0.2) is 20.5 Å². The van der Waals surface area contributed by atoms with Crippen molar-refractivity contribution >= 4 is 49.9 Å². The highest BCUT2D eigenvalue weighted by atomic mass is 32.2. The number of thiophene rings is 1. The Kier molecular flexibility index (Phi) is 4.80. The highest BCUT2D eigenvalue weighted by molar-refractivity contribution is 7.93. The first-order valence-corrected chi connectivity index (χ1v) is 11.9. The van der Waals surface area contributed by atoms with Gasteiger partial charge in [0.1, 0.15) is 0 Å². The van der Waals surface area contributed by atoms with Gasteiger partial charge in [0.25, 0.3) is 15.9 Å². The van der Waals surface area contributed by atoms with Crippen LogP contribution in [0, 0.1) is 0 Å². The number of nitrogens with one attached hydrogen (secondary N) is 1. The summed E-state index contributed by atoms with van der Waals surface area (Å²) >= 11 is 1.55. The first-order chi connectivity index (χ1) is 15.0. The minimum absolute atomic E-state index is 0.189. The molecule has 31 heavy (non-hydrogen) atoms. The van der Waals surface area contributed by atoms with Gasteiger partial charge in [0.2, 0.25) is 0 Å². The summed E-state index contributed by atoms with van der Waals surface area (Å²) in [4.78, 5) is 12.6. The number of nitrogens with zero attached hydrogens (tertiary/aromatic N) is 2. The number of hydrazone groups is 1. The quantitative estimate of drug-likeness (QED) is 0.364. The zero-order valence-electron chi connectivity index (χ0n) is 16.2. The number of carbonyl (C=O) groups is 1. The Morgan fingerprint density at radius 3 is 2.55 bits per heavy atom. The summed E-state index contributed by atoms with van der Waals surface area (Å²) in [6, 6.07) is 19.7. The largest absolute Gasteiger partial charge is 0.271 e. The number of benzene rings is 3. The van der Waals surface area contributed by atoms with Crippen molar-refractivity contribution in [3.05, 3.63) is 94.2 Å². The Labute approximate surface area is 183 Å². The Bertz CT molecular complexity index is 1410. The molecule has 0 atom stereocenters. The van der Waals surface area contributed by atoms with Crippen molar-refractivity contribution in [1.29, 1.82) is 0 Å². The van der Waals surface area contributed by atoms with Crippen molar-refractivity contribution < 1.29 is 13.2 Å². The van der Waals surface area contributed by atoms with Gasteiger partial charge in [-0.05, 0) is 52.0 Å². The Morgan fingerprint density at radius 2 is 1.81 bits per heavy atom. The molecule has 0 fully saturated rings. The predicted octanol–water partition coefficient (Wildman–Crippen LogP) is 4.37. The fraction of sp³-hybridized carbons (Fsp3) is 0.0435. The van der Waals surface area contributed by atoms with Gasteiger partial charge in [-0.1, -0.05) is 36.4 Å². The average molecular weight is 448 g/mol. The summed E-state index contributed by atoms with van der Waals surface area (Å²) in [6.07, 6.45) is 1.58. The Balaban J connectivity index is 1.34. The van der Waals surface area contributed by atoms with Crippen molar-refractivity contribution in [3.8, 4) is 0 Å². The second kappa shape index (κ2) is 7.64. The van der Waals surface area contributed by atoms with Crippen molar-refractivity contribution in [3.63, 3.8) is 0 Å². The van der Waals surface area contributed by atoms with E-state index in [2.05, 4.69) is 10.5 Å². The highest BCUT2D eigenvalue weighted by Gasteiger charge is 2.35. The lowest BCUT2D eigenvalue weighted by atomic mass is 10.1. The third-order valence-corrected chi connectivity index (χ3v) is 7.65. The minimum atomic E-state index is -3.62. The molecule has 1 aliphatic heterocycles. The molecule has 1 aromatic heterocycles. The van der Waals surface area contributed by atoms with E-state index in [4.69, 9.17) is 0 Å². The third kappa shape index (κ3) is 3.49. The van der Waals surface area contributed by atoms with Crippen molar-refractivity contribution in [2.45, 2.75) is 11.4 Å². The predicted molar refractivity (Wildman–Crippen MR) is 123 cm³/mol. The molecule has 1 amide bonds. The summed E-state index contributed by atoms with van der Waals surface area (Å²) in [5, 5.41) is 9.47. The van der Waals surface area contributed by atoms with Gasteiger partial charge < -0.3 is 0 Å². The van der Waals surface area contributed by atoms with Crippen LogP contribution in [0.3, 0.4) is 0 Å². The lowest BCUT2D eigenvalue weighted by molar-refractivity contribution is 0.0955. The van der Waals surface area contributed by atoms with Gasteiger partial charge in [0.05, 0.1) is 23.3 Å². The number of sulfonamides is 1. The van der Waals surface area contributed by atoms with E-state index in [0.29, 0.717) is 16.1 Å². The van der Waals surface area contributed by atoms with Gasteiger partial charge in [-0.25, -0.2) is 13.8 Å². The summed E-state index contributed by atoms with van der Waals surface area (Å²) in [5.74, 6) is -0.330. The molecule has 4 aromatic rings. The van der Waals surface area contributed by atoms with Crippen molar-refractivity contribution in [2.75, 3.05) is 4.31 Å². The van der Waals surface area contributed by atoms with Gasteiger partial charge in [0, 0.05) is 16.5 Å². The average Bonchev–Trinajstić information content (AvgIpc) is 3.37. The van der Waals surface area contributed by atoms with E-state index < -0.39 is 10.0 Å². The molecule has 0 radical (unpaired) electrons. The summed E-state index contributed by atoms with van der Waals surface area (Å²) in [5.41, 5.74) is 5.32. The second-order valence-corrected chi connectivity index (χ2v) is 9.71. The maximum absolute atomic E-state index is 13.1. The summed E-state index contributed by atoms with van der Waals surface area (Å²) < 4.78 is 27.6. The van der Waals surface area contributed by atoms with E-state index in [0.717, 1.165) is 21.9 Å². The standard InChI is InChI=1S/C23H17N3O3S2/c27-23(25-24-13-17-11-12-30-15-17)19-9-7-16(8-10-19)14-26-20-5-1-3-18-4-2-6-21(22(18)20)31(26,28)29/h1-13,15H,14H2,(H,25,27)/b24-13-. The molecule has 1 aliphatic rings. The number of rotatable bonds is 5. The maximum Gasteiger partial charge on any atom is 0.271 e. The van der Waals surface area contributed by atoms with Crippen LogP contribution in [0.2, 0.25) is 0 Å². The topological polar surface area (TPSA) is 78.8 Å². The van der Waals surface area contributed by atoms with Crippen LogP contribution in [0.4, 0.5) is 5.69 Å². The molecule has 2 heterocycles. The molecular formula is C23H17N3O3S2. The molecular weight excluding hydrogens is 430 g/mol. The number of hydrogen-bond donors (Lipinski definition) is 1. The fourth-order valence-electron chi connectivity index (χ4n) is 3.63. The van der Waals surface area contributed by atoms with Crippen LogP contribution >= 0.6 is 11.3 Å². The van der Waals surface area contributed by atoms with Crippen LogP contribution in [0.15, 0.2) is 87.5 Å². The Hall–Kier alpha value is -3.49. The molecule has 0 unspecified atom stereocenters. The van der Waals surface area contributed by atoms with Crippen LogP contribution in [-0.2, 0) is 16.6 Å². The van der Waals surface area contributed by atoms with E-state index in [1.54, 1.807) is 53.9 Å². The van der Waals surface area contributed by atoms with Crippen LogP contribution in [0.25, 0.3) is 10.8 Å². The minimum Gasteiger partial charge on any atom is -0.267 e. The van der Waals surface area contributed by atoms with Gasteiger partial charge in [-0.15, -0.1) is 0 Å². The van der Waals surface area contributed by atoms with Gasteiger partial charge >= 0.3 is 0 Å². The van der Waals surface area contributed by atoms with E-state index in [-0.39, 0.29) is 12.5 Å². The number of amides is 1. The molecule has 3 aromatic carbocycles. The molecule has 0 spiro atoms. The van der Waals surface area contributed by atoms with E-state index in [1.807, 2.05) is 41.1 Å². The van der Waals surface area contributed by atoms with Gasteiger partial charge in [-0.2, -0.15) is 16.4 Å². The molecule has 8 heteroatoms. The number of hydrogen-bond acceptors (Lipinski definition) is 5. The first kappa shape index (κ1) is 19.5. The smallest absolute Gasteiger partial charge is 0.267 e. The first-order valence-electron chi connectivity index (χ1n) is 9.53. The molecule has 6 nitrogen and oxygen atoms in total. The molecule has 5 rings (SSSR count). The van der Waals surface area contributed by atoms with Crippen LogP contribution in [0.5, 0.6) is 0 Å². The van der Waals surface area contributed by atoms with Gasteiger partial charge in [-0.3, -0.25) is 9.10 Å². The van der Waals surface area contributed by atoms with Gasteiger partial charge in [0.15, 0.2) is 0 Å². The maximum atomic E-state index is 13.1. The monoisotopic (exact) mass is 447 g/mol.